The lowest BCUT2D eigenvalue weighted by Crippen LogP contribution is -2.44. The molecule has 14 heteroatoms. The van der Waals surface area contributed by atoms with Crippen LogP contribution >= 0.6 is 0 Å². The van der Waals surface area contributed by atoms with Crippen molar-refractivity contribution in [3.05, 3.63) is 72.0 Å². The zero-order chi connectivity index (χ0) is 30.1. The maximum atomic E-state index is 14.2. The van der Waals surface area contributed by atoms with Gasteiger partial charge in [0.15, 0.2) is 0 Å². The summed E-state index contributed by atoms with van der Waals surface area (Å²) in [7, 11) is -4.68. The van der Waals surface area contributed by atoms with Crippen LogP contribution in [0, 0.1) is 11.7 Å². The molecule has 0 bridgehead atoms. The fourth-order valence-electron chi connectivity index (χ4n) is 4.46. The number of carboxylic acid groups (broad SMARTS) is 1. The third kappa shape index (κ3) is 6.69. The van der Waals surface area contributed by atoms with Crippen LogP contribution in [0.5, 0.6) is 11.5 Å². The number of carbonyl (C=O) groups is 1. The van der Waals surface area contributed by atoms with Crippen molar-refractivity contribution in [3.63, 3.8) is 0 Å². The molecular formula is C27H23F6NO6S. The summed E-state index contributed by atoms with van der Waals surface area (Å²) in [5.41, 5.74) is -1.12. The molecular weight excluding hydrogens is 580 g/mol. The van der Waals surface area contributed by atoms with E-state index in [-0.39, 0.29) is 35.4 Å². The van der Waals surface area contributed by atoms with Crippen LogP contribution in [0.3, 0.4) is 0 Å². The molecule has 1 aliphatic rings. The lowest BCUT2D eigenvalue weighted by atomic mass is 9.97. The highest BCUT2D eigenvalue weighted by atomic mass is 32.2. The molecule has 2 unspecified atom stereocenters. The summed E-state index contributed by atoms with van der Waals surface area (Å²) in [6.45, 7) is -2.05. The number of nitrogens with zero attached hydrogens (tertiary/aromatic N) is 1. The van der Waals surface area contributed by atoms with E-state index in [9.17, 15) is 44.7 Å². The third-order valence-electron chi connectivity index (χ3n) is 6.46. The van der Waals surface area contributed by atoms with Gasteiger partial charge >= 0.3 is 18.8 Å². The first-order valence-electron chi connectivity index (χ1n) is 12.2. The van der Waals surface area contributed by atoms with E-state index in [0.717, 1.165) is 40.7 Å². The van der Waals surface area contributed by atoms with E-state index in [2.05, 4.69) is 4.74 Å². The van der Waals surface area contributed by atoms with E-state index < -0.39 is 69.4 Å². The molecule has 41 heavy (non-hydrogen) atoms. The fourth-order valence-corrected chi connectivity index (χ4v) is 6.01. The lowest BCUT2D eigenvalue weighted by molar-refractivity contribution is -0.142. The molecule has 220 valence electrons. The number of rotatable bonds is 9. The Bertz CT molecular complexity index is 1550. The average molecular weight is 604 g/mol. The molecule has 0 saturated heterocycles. The molecule has 0 saturated carbocycles. The van der Waals surface area contributed by atoms with Crippen LogP contribution < -0.4 is 13.8 Å². The zero-order valence-electron chi connectivity index (χ0n) is 21.2. The summed E-state index contributed by atoms with van der Waals surface area (Å²) < 4.78 is 118. The normalized spacial score (nSPS) is 16.2. The standard InChI is InChI=1S/C27H23F6NO6S/c1-2-15(25(35)36)9-21-14-34(41(37,38)22-5-3-4-18(12-22)27(31,32)33)23-11-16(6-7-24(23)39-21)17-8-19(28)13-20(10-17)40-26(29)30/h3-8,10-13,15,21,26H,2,9,14H2,1H3,(H,35,36). The van der Waals surface area contributed by atoms with Gasteiger partial charge in [-0.05, 0) is 66.4 Å². The summed E-state index contributed by atoms with van der Waals surface area (Å²) in [6.07, 6.45) is -5.69. The van der Waals surface area contributed by atoms with Gasteiger partial charge in [-0.1, -0.05) is 19.1 Å². The van der Waals surface area contributed by atoms with Crippen LogP contribution in [-0.2, 0) is 21.0 Å². The highest BCUT2D eigenvalue weighted by Gasteiger charge is 2.38. The topological polar surface area (TPSA) is 93.1 Å². The van der Waals surface area contributed by atoms with Crippen LogP contribution in [0.25, 0.3) is 11.1 Å². The molecule has 4 rings (SSSR count). The second-order valence-electron chi connectivity index (χ2n) is 9.22. The van der Waals surface area contributed by atoms with Gasteiger partial charge in [-0.2, -0.15) is 22.0 Å². The van der Waals surface area contributed by atoms with E-state index in [1.165, 1.54) is 18.2 Å². The second kappa shape index (κ2) is 11.5. The van der Waals surface area contributed by atoms with Crippen molar-refractivity contribution >= 4 is 21.7 Å². The molecule has 3 aromatic rings. The third-order valence-corrected chi connectivity index (χ3v) is 8.24. The fraction of sp³-hybridized carbons (Fsp3) is 0.296. The van der Waals surface area contributed by atoms with Crippen LogP contribution in [0.4, 0.5) is 32.0 Å². The van der Waals surface area contributed by atoms with Crippen LogP contribution in [0.15, 0.2) is 65.6 Å². The van der Waals surface area contributed by atoms with Gasteiger partial charge in [0.25, 0.3) is 10.0 Å². The highest BCUT2D eigenvalue weighted by Crippen LogP contribution is 2.42. The van der Waals surface area contributed by atoms with Crippen LogP contribution in [-0.4, -0.2) is 38.8 Å². The van der Waals surface area contributed by atoms with Gasteiger partial charge in [0.05, 0.1) is 28.6 Å². The number of fused-ring (bicyclic) bond motifs is 1. The van der Waals surface area contributed by atoms with Crippen molar-refractivity contribution in [2.45, 2.75) is 43.6 Å². The Morgan fingerprint density at radius 1 is 1.10 bits per heavy atom. The number of sulfonamides is 1. The quantitative estimate of drug-likeness (QED) is 0.278. The van der Waals surface area contributed by atoms with Crippen molar-refractivity contribution in [1.29, 1.82) is 0 Å². The number of alkyl halides is 5. The van der Waals surface area contributed by atoms with Gasteiger partial charge in [0, 0.05) is 6.07 Å². The molecule has 1 N–H and O–H groups in total. The molecule has 3 aromatic carbocycles. The van der Waals surface area contributed by atoms with Crippen LogP contribution in [0.1, 0.15) is 25.3 Å². The first kappa shape index (κ1) is 30.0. The monoisotopic (exact) mass is 603 g/mol. The Labute approximate surface area is 231 Å². The lowest BCUT2D eigenvalue weighted by Gasteiger charge is -2.36. The molecule has 0 fully saturated rings. The number of ether oxygens (including phenoxy) is 2. The highest BCUT2D eigenvalue weighted by molar-refractivity contribution is 7.92. The number of benzene rings is 3. The van der Waals surface area contributed by atoms with E-state index in [1.54, 1.807) is 6.92 Å². The minimum absolute atomic E-state index is 0.0266. The van der Waals surface area contributed by atoms with Crippen molar-refractivity contribution in [2.24, 2.45) is 5.92 Å². The van der Waals surface area contributed by atoms with Crippen molar-refractivity contribution < 1.29 is 54.1 Å². The first-order chi connectivity index (χ1) is 19.2. The van der Waals surface area contributed by atoms with E-state index in [0.29, 0.717) is 6.07 Å². The molecule has 0 spiro atoms. The number of anilines is 1. The Balaban J connectivity index is 1.83. The summed E-state index contributed by atoms with van der Waals surface area (Å²) in [5.74, 6) is -3.45. The average Bonchev–Trinajstić information content (AvgIpc) is 2.89. The molecule has 2 atom stereocenters. The van der Waals surface area contributed by atoms with E-state index in [4.69, 9.17) is 4.74 Å². The molecule has 0 aromatic heterocycles. The molecule has 0 radical (unpaired) electrons. The number of hydrogen-bond acceptors (Lipinski definition) is 5. The van der Waals surface area contributed by atoms with Gasteiger partial charge in [0.1, 0.15) is 23.4 Å². The Hall–Kier alpha value is -3.94. The van der Waals surface area contributed by atoms with Gasteiger partial charge in [0.2, 0.25) is 0 Å². The van der Waals surface area contributed by atoms with E-state index in [1.807, 2.05) is 0 Å². The van der Waals surface area contributed by atoms with Gasteiger partial charge in [-0.3, -0.25) is 9.10 Å². The summed E-state index contributed by atoms with van der Waals surface area (Å²) in [4.78, 5) is 10.9. The molecule has 0 aliphatic carbocycles. The predicted octanol–water partition coefficient (Wildman–Crippen LogP) is 6.57. The molecule has 0 amide bonds. The summed E-state index contributed by atoms with van der Waals surface area (Å²) in [6, 6.07) is 9.95. The number of carboxylic acids is 1. The number of hydrogen-bond donors (Lipinski definition) is 1. The smallest absolute Gasteiger partial charge is 0.416 e. The SMILES string of the molecule is CCC(CC1CN(S(=O)(=O)c2cccc(C(F)(F)F)c2)c2cc(-c3cc(F)cc(OC(F)F)c3)ccc2O1)C(=O)O. The van der Waals surface area contributed by atoms with Gasteiger partial charge in [-0.15, -0.1) is 0 Å². The molecule has 7 nitrogen and oxygen atoms in total. The Morgan fingerprint density at radius 3 is 2.46 bits per heavy atom. The second-order valence-corrected chi connectivity index (χ2v) is 11.1. The Morgan fingerprint density at radius 2 is 1.83 bits per heavy atom. The molecule has 1 aliphatic heterocycles. The molecule has 1 heterocycles. The number of halogens is 6. The zero-order valence-corrected chi connectivity index (χ0v) is 22.1. The van der Waals surface area contributed by atoms with Crippen molar-refractivity contribution in [3.8, 4) is 22.6 Å². The summed E-state index contributed by atoms with van der Waals surface area (Å²) in [5, 5.41) is 9.49. The van der Waals surface area contributed by atoms with E-state index >= 15 is 0 Å². The van der Waals surface area contributed by atoms with Crippen molar-refractivity contribution in [2.75, 3.05) is 10.8 Å². The van der Waals surface area contributed by atoms with Gasteiger partial charge in [-0.25, -0.2) is 12.8 Å². The van der Waals surface area contributed by atoms with Crippen LogP contribution in [0.2, 0.25) is 0 Å². The first-order valence-corrected chi connectivity index (χ1v) is 13.6. The maximum absolute atomic E-state index is 14.2. The minimum atomic E-state index is -4.82. The maximum Gasteiger partial charge on any atom is 0.416 e. The number of aliphatic carboxylic acids is 1. The predicted molar refractivity (Wildman–Crippen MR) is 135 cm³/mol. The largest absolute Gasteiger partial charge is 0.486 e. The van der Waals surface area contributed by atoms with Crippen molar-refractivity contribution in [1.82, 2.24) is 0 Å². The van der Waals surface area contributed by atoms with Gasteiger partial charge < -0.3 is 14.6 Å². The summed E-state index contributed by atoms with van der Waals surface area (Å²) >= 11 is 0. The minimum Gasteiger partial charge on any atom is -0.486 e. The Kier molecular flexibility index (Phi) is 8.43.